The van der Waals surface area contributed by atoms with Crippen molar-refractivity contribution in [2.24, 2.45) is 0 Å². The molecular weight excluding hydrogens is 370 g/mol. The summed E-state index contributed by atoms with van der Waals surface area (Å²) in [4.78, 5) is 25.2. The largest absolute Gasteiger partial charge is 0.484 e. The van der Waals surface area contributed by atoms with E-state index in [-0.39, 0.29) is 23.8 Å². The number of hydrogen-bond acceptors (Lipinski definition) is 5. The summed E-state index contributed by atoms with van der Waals surface area (Å²) in [5.41, 5.74) is 5.28. The lowest BCUT2D eigenvalue weighted by Gasteiger charge is -2.11. The van der Waals surface area contributed by atoms with Gasteiger partial charge in [-0.1, -0.05) is 6.07 Å². The highest BCUT2D eigenvalue weighted by atomic mass is 32.2. The molecule has 0 atom stereocenters. The van der Waals surface area contributed by atoms with Crippen molar-refractivity contribution in [2.75, 3.05) is 11.9 Å². The summed E-state index contributed by atoms with van der Waals surface area (Å²) in [7, 11) is -3.97. The van der Waals surface area contributed by atoms with Crippen molar-refractivity contribution < 1.29 is 22.7 Å². The lowest BCUT2D eigenvalue weighted by Crippen LogP contribution is -2.43. The van der Waals surface area contributed by atoms with Crippen molar-refractivity contribution in [3.05, 3.63) is 53.1 Å². The third kappa shape index (κ3) is 4.63. The number of nitrogens with one attached hydrogen (secondary N) is 3. The summed E-state index contributed by atoms with van der Waals surface area (Å²) in [6.07, 6.45) is 0.120. The Morgan fingerprint density at radius 1 is 1.15 bits per heavy atom. The number of fused-ring (bicyclic) bond motifs is 1. The number of carbonyl (C=O) groups is 2. The maximum absolute atomic E-state index is 12.3. The van der Waals surface area contributed by atoms with Gasteiger partial charge in [0.05, 0.1) is 11.3 Å². The van der Waals surface area contributed by atoms with Gasteiger partial charge in [-0.15, -0.1) is 4.83 Å². The summed E-state index contributed by atoms with van der Waals surface area (Å²) in [5, 5.41) is 2.63. The Kier molecular flexibility index (Phi) is 5.15. The molecule has 2 aromatic carbocycles. The molecule has 0 unspecified atom stereocenters. The second kappa shape index (κ2) is 7.37. The number of amides is 2. The number of rotatable bonds is 6. The van der Waals surface area contributed by atoms with Gasteiger partial charge in [-0.2, -0.15) is 0 Å². The van der Waals surface area contributed by atoms with E-state index in [4.69, 9.17) is 4.74 Å². The third-order valence-electron chi connectivity index (χ3n) is 3.90. The van der Waals surface area contributed by atoms with Crippen LogP contribution < -0.4 is 20.3 Å². The molecular formula is C18H19N3O5S. The van der Waals surface area contributed by atoms with E-state index in [2.05, 4.69) is 10.7 Å². The number of sulfonamides is 1. The Hall–Kier alpha value is -2.91. The third-order valence-corrected chi connectivity index (χ3v) is 5.15. The van der Waals surface area contributed by atoms with Crippen LogP contribution in [0, 0.1) is 13.8 Å². The number of benzene rings is 2. The molecule has 3 rings (SSSR count). The van der Waals surface area contributed by atoms with E-state index >= 15 is 0 Å². The fourth-order valence-electron chi connectivity index (χ4n) is 2.76. The van der Waals surface area contributed by atoms with Gasteiger partial charge in [-0.05, 0) is 60.9 Å². The standard InChI is InChI=1S/C18H19N3O5S/c1-11-5-12(2)7-14(6-11)26-10-18(23)20-21-27(24,25)15-3-4-16-13(8-15)9-17(22)19-16/h3-8,21H,9-10H2,1-2H3,(H,19,22)(H,20,23). The highest BCUT2D eigenvalue weighted by Gasteiger charge is 2.22. The quantitative estimate of drug-likeness (QED) is 0.642. The molecule has 0 saturated carbocycles. The second-order valence-corrected chi connectivity index (χ2v) is 7.99. The number of hydrogen-bond donors (Lipinski definition) is 3. The van der Waals surface area contributed by atoms with E-state index in [0.717, 1.165) is 11.1 Å². The molecule has 0 saturated heterocycles. The molecule has 0 aliphatic carbocycles. The zero-order chi connectivity index (χ0) is 19.6. The van der Waals surface area contributed by atoms with Gasteiger partial charge >= 0.3 is 0 Å². The zero-order valence-corrected chi connectivity index (χ0v) is 15.6. The van der Waals surface area contributed by atoms with Gasteiger partial charge < -0.3 is 10.1 Å². The minimum Gasteiger partial charge on any atom is -0.484 e. The van der Waals surface area contributed by atoms with Gasteiger partial charge in [0.2, 0.25) is 5.91 Å². The monoisotopic (exact) mass is 389 g/mol. The van der Waals surface area contributed by atoms with Crippen molar-refractivity contribution in [2.45, 2.75) is 25.2 Å². The molecule has 1 heterocycles. The molecule has 142 valence electrons. The van der Waals surface area contributed by atoms with Gasteiger partial charge in [0.1, 0.15) is 5.75 Å². The van der Waals surface area contributed by atoms with Crippen LogP contribution in [0.25, 0.3) is 0 Å². The second-order valence-electron chi connectivity index (χ2n) is 6.31. The summed E-state index contributed by atoms with van der Waals surface area (Å²) in [6.45, 7) is 3.48. The number of carbonyl (C=O) groups excluding carboxylic acids is 2. The molecule has 1 aliphatic heterocycles. The first kappa shape index (κ1) is 18.9. The summed E-state index contributed by atoms with van der Waals surface area (Å²) < 4.78 is 30.0. The van der Waals surface area contributed by atoms with Crippen LogP contribution >= 0.6 is 0 Å². The minimum absolute atomic E-state index is 0.0479. The lowest BCUT2D eigenvalue weighted by atomic mass is 10.1. The summed E-state index contributed by atoms with van der Waals surface area (Å²) >= 11 is 0. The van der Waals surface area contributed by atoms with E-state index in [1.54, 1.807) is 12.1 Å². The topological polar surface area (TPSA) is 114 Å². The maximum Gasteiger partial charge on any atom is 0.272 e. The molecule has 9 heteroatoms. The predicted octanol–water partition coefficient (Wildman–Crippen LogP) is 1.19. The Bertz CT molecular complexity index is 997. The SMILES string of the molecule is Cc1cc(C)cc(OCC(=O)NNS(=O)(=O)c2ccc3c(c2)CC(=O)N3)c1. The van der Waals surface area contributed by atoms with Gasteiger partial charge in [-0.3, -0.25) is 15.0 Å². The van der Waals surface area contributed by atoms with Crippen LogP contribution in [0.5, 0.6) is 5.75 Å². The van der Waals surface area contributed by atoms with Crippen LogP contribution in [0.3, 0.4) is 0 Å². The Balaban J connectivity index is 1.58. The molecule has 8 nitrogen and oxygen atoms in total. The first-order valence-electron chi connectivity index (χ1n) is 8.17. The van der Waals surface area contributed by atoms with Gasteiger partial charge in [-0.25, -0.2) is 8.42 Å². The zero-order valence-electron chi connectivity index (χ0n) is 14.8. The highest BCUT2D eigenvalue weighted by Crippen LogP contribution is 2.25. The van der Waals surface area contributed by atoms with Crippen LogP contribution in [0.1, 0.15) is 16.7 Å². The Labute approximate surface area is 156 Å². The van der Waals surface area contributed by atoms with Crippen molar-refractivity contribution in [3.63, 3.8) is 0 Å². The van der Waals surface area contributed by atoms with Crippen LogP contribution in [0.15, 0.2) is 41.3 Å². The van der Waals surface area contributed by atoms with Gasteiger partial charge in [0, 0.05) is 5.69 Å². The molecule has 0 radical (unpaired) electrons. The van der Waals surface area contributed by atoms with Crippen LogP contribution in [-0.4, -0.2) is 26.8 Å². The number of ether oxygens (including phenoxy) is 1. The van der Waals surface area contributed by atoms with Gasteiger partial charge in [0.25, 0.3) is 15.9 Å². The molecule has 1 aliphatic rings. The molecule has 0 aromatic heterocycles. The molecule has 3 N–H and O–H groups in total. The fourth-order valence-corrected chi connectivity index (χ4v) is 3.67. The number of aryl methyl sites for hydroxylation is 2. The first-order chi connectivity index (χ1) is 12.7. The number of anilines is 1. The average molecular weight is 389 g/mol. The van der Waals surface area contributed by atoms with E-state index in [1.165, 1.54) is 18.2 Å². The van der Waals surface area contributed by atoms with E-state index in [0.29, 0.717) is 17.0 Å². The lowest BCUT2D eigenvalue weighted by molar-refractivity contribution is -0.123. The summed E-state index contributed by atoms with van der Waals surface area (Å²) in [5.74, 6) is -0.304. The van der Waals surface area contributed by atoms with Crippen LogP contribution in [0.2, 0.25) is 0 Å². The van der Waals surface area contributed by atoms with Crippen LogP contribution in [0.4, 0.5) is 5.69 Å². The first-order valence-corrected chi connectivity index (χ1v) is 9.66. The predicted molar refractivity (Wildman–Crippen MR) is 98.7 cm³/mol. The molecule has 0 bridgehead atoms. The fraction of sp³-hybridized carbons (Fsp3) is 0.222. The van der Waals surface area contributed by atoms with Crippen LogP contribution in [-0.2, 0) is 26.0 Å². The van der Waals surface area contributed by atoms with E-state index in [9.17, 15) is 18.0 Å². The molecule has 2 aromatic rings. The normalized spacial score (nSPS) is 13.0. The molecule has 0 spiro atoms. The van der Waals surface area contributed by atoms with Crippen molar-refractivity contribution in [3.8, 4) is 5.75 Å². The summed E-state index contributed by atoms with van der Waals surface area (Å²) in [6, 6.07) is 9.80. The van der Waals surface area contributed by atoms with E-state index < -0.39 is 15.9 Å². The highest BCUT2D eigenvalue weighted by molar-refractivity contribution is 7.89. The maximum atomic E-state index is 12.3. The van der Waals surface area contributed by atoms with Gasteiger partial charge in [0.15, 0.2) is 6.61 Å². The molecule has 2 amide bonds. The molecule has 0 fully saturated rings. The smallest absolute Gasteiger partial charge is 0.272 e. The molecule has 27 heavy (non-hydrogen) atoms. The average Bonchev–Trinajstić information content (AvgIpc) is 2.96. The van der Waals surface area contributed by atoms with Crippen molar-refractivity contribution >= 4 is 27.5 Å². The minimum atomic E-state index is -3.97. The van der Waals surface area contributed by atoms with E-state index in [1.807, 2.05) is 24.7 Å². The number of hydrazine groups is 1. The van der Waals surface area contributed by atoms with Crippen molar-refractivity contribution in [1.82, 2.24) is 10.3 Å². The Morgan fingerprint density at radius 3 is 2.56 bits per heavy atom. The van der Waals surface area contributed by atoms with Crippen molar-refractivity contribution in [1.29, 1.82) is 0 Å². The Morgan fingerprint density at radius 2 is 1.85 bits per heavy atom.